The molecule has 5 aromatic heterocycles. The molecule has 21 heteroatoms. The lowest BCUT2D eigenvalue weighted by molar-refractivity contribution is 0.0990. The third-order valence-corrected chi connectivity index (χ3v) is 11.6. The van der Waals surface area contributed by atoms with Crippen molar-refractivity contribution in [1.29, 1.82) is 0 Å². The van der Waals surface area contributed by atoms with Crippen molar-refractivity contribution >= 4 is 63.4 Å². The number of benzene rings is 1. The molecule has 0 saturated carbocycles. The van der Waals surface area contributed by atoms with Gasteiger partial charge in [-0.15, -0.1) is 0 Å². The molecule has 0 radical (unpaired) electrons. The van der Waals surface area contributed by atoms with Crippen LogP contribution in [0.5, 0.6) is 5.75 Å². The number of allylic oxidation sites excluding steroid dienone is 2. The van der Waals surface area contributed by atoms with Crippen molar-refractivity contribution in [3.63, 3.8) is 0 Å². The minimum atomic E-state index is -0.672. The molecule has 63 heavy (non-hydrogen) atoms. The molecule has 8 rings (SSSR count). The second-order valence-electron chi connectivity index (χ2n) is 15.6. The van der Waals surface area contributed by atoms with Crippen LogP contribution in [0.1, 0.15) is 86.2 Å². The van der Waals surface area contributed by atoms with Gasteiger partial charge in [-0.05, 0) is 71.2 Å². The molecule has 1 aromatic carbocycles. The average Bonchev–Trinajstić information content (AvgIpc) is 4.03. The maximum absolute atomic E-state index is 14.0. The Morgan fingerprint density at radius 1 is 0.841 bits per heavy atom. The number of pyridine rings is 1. The zero-order chi connectivity index (χ0) is 44.5. The van der Waals surface area contributed by atoms with E-state index < -0.39 is 23.6 Å². The fraction of sp³-hybridized carbons (Fsp3) is 0.405. The predicted octanol–water partition coefficient (Wildman–Crippen LogP) is 3.00. The number of aryl methyl sites for hydroxylation is 4. The Morgan fingerprint density at radius 2 is 1.52 bits per heavy atom. The van der Waals surface area contributed by atoms with Crippen molar-refractivity contribution in [3.8, 4) is 5.75 Å². The summed E-state index contributed by atoms with van der Waals surface area (Å²) in [6, 6.07) is 7.08. The average molecular weight is 862 g/mol. The highest BCUT2D eigenvalue weighted by Crippen LogP contribution is 2.33. The van der Waals surface area contributed by atoms with E-state index in [9.17, 15) is 19.2 Å². The number of carbonyl (C=O) groups excluding carboxylic acids is 4. The molecule has 2 aliphatic heterocycles. The molecule has 2 bridgehead atoms. The van der Waals surface area contributed by atoms with Gasteiger partial charge in [0, 0.05) is 63.2 Å². The van der Waals surface area contributed by atoms with Crippen LogP contribution in [0, 0.1) is 13.8 Å². The molecule has 7 heterocycles. The van der Waals surface area contributed by atoms with Crippen LogP contribution in [-0.2, 0) is 30.9 Å². The number of nitrogens with two attached hydrogens (primary N) is 3. The van der Waals surface area contributed by atoms with E-state index in [4.69, 9.17) is 31.7 Å². The highest BCUT2D eigenvalue weighted by atomic mass is 16.5. The predicted molar refractivity (Wildman–Crippen MR) is 233 cm³/mol. The highest BCUT2D eigenvalue weighted by Gasteiger charge is 2.35. The van der Waals surface area contributed by atoms with Crippen LogP contribution in [0.2, 0.25) is 0 Å². The number of imidazole rings is 2. The van der Waals surface area contributed by atoms with Crippen molar-refractivity contribution in [2.24, 2.45) is 11.5 Å². The molecule has 0 spiro atoms. The van der Waals surface area contributed by atoms with Gasteiger partial charge in [0.1, 0.15) is 34.8 Å². The third kappa shape index (κ3) is 8.43. The summed E-state index contributed by atoms with van der Waals surface area (Å²) >= 11 is 0. The zero-order valence-corrected chi connectivity index (χ0v) is 35.6. The number of ether oxygens (including phenoxy) is 2. The monoisotopic (exact) mass is 861 g/mol. The fourth-order valence-electron chi connectivity index (χ4n) is 8.46. The van der Waals surface area contributed by atoms with E-state index in [-0.39, 0.29) is 47.5 Å². The van der Waals surface area contributed by atoms with Gasteiger partial charge in [0.25, 0.3) is 11.8 Å². The number of amides is 4. The molecule has 8 N–H and O–H groups in total. The first-order valence-electron chi connectivity index (χ1n) is 21.0. The lowest BCUT2D eigenvalue weighted by Gasteiger charge is -2.27. The number of nitrogen functional groups attached to an aromatic ring is 1. The number of nitrogens with zero attached hydrogens (tertiary/aromatic N) is 10. The van der Waals surface area contributed by atoms with E-state index in [0.29, 0.717) is 90.0 Å². The maximum Gasteiger partial charge on any atom is 0.278 e. The van der Waals surface area contributed by atoms with E-state index in [1.165, 1.54) is 16.9 Å². The number of aromatic nitrogens is 9. The standard InChI is InChI=1S/C42H51N15O6/c1-5-56-31(17-23(3)51-56)39(60)49-42-48-30-19-26(37(45)59)21-46-38(30)55(42)13-8-7-12-54-34-29(47-41(54)50-40(61)35-33(43)24(4)52-57(35)6-2)18-25(36(44)58)20-32(34)63-16-14-53-27-9-10-28(53)22-62-15-11-27/h7-8,17-21,27-28H,5-6,9-16,22,43H2,1-4H3,(H2,44,58)(H2,45,59)(H,47,50,61)(H,48,49,60)/b8-7+/t27-,28+/m1/s1. The van der Waals surface area contributed by atoms with Gasteiger partial charge in [-0.3, -0.25) is 48.6 Å². The van der Waals surface area contributed by atoms with Crippen LogP contribution in [0.15, 0.2) is 42.6 Å². The number of hydrogen-bond donors (Lipinski definition) is 5. The maximum atomic E-state index is 14.0. The van der Waals surface area contributed by atoms with Crippen molar-refractivity contribution in [3.05, 3.63) is 76.5 Å². The van der Waals surface area contributed by atoms with Gasteiger partial charge in [-0.25, -0.2) is 15.0 Å². The summed E-state index contributed by atoms with van der Waals surface area (Å²) in [7, 11) is 0. The SMILES string of the molecule is CCn1nc(C)cc1C(=O)Nc1nc2cc(C(N)=O)cnc2n1C/C=C/Cn1c(NC(=O)c2c(N)c(C)nn2CC)nc2cc(C(N)=O)cc(OCCN3[C@H]4CCOC[C@@H]3CC4)c21. The van der Waals surface area contributed by atoms with Crippen molar-refractivity contribution in [1.82, 2.24) is 48.5 Å². The topological polar surface area (TPSA) is 276 Å². The van der Waals surface area contributed by atoms with Gasteiger partial charge < -0.3 is 31.2 Å². The second kappa shape index (κ2) is 17.7. The normalized spacial score (nSPS) is 16.6. The van der Waals surface area contributed by atoms with Crippen molar-refractivity contribution < 1.29 is 28.7 Å². The molecule has 0 aliphatic carbocycles. The van der Waals surface area contributed by atoms with E-state index in [1.807, 2.05) is 26.0 Å². The summed E-state index contributed by atoms with van der Waals surface area (Å²) in [4.78, 5) is 68.6. The van der Waals surface area contributed by atoms with Crippen LogP contribution in [0.4, 0.5) is 17.6 Å². The number of carbonyl (C=O) groups is 4. The second-order valence-corrected chi connectivity index (χ2v) is 15.6. The van der Waals surface area contributed by atoms with Gasteiger partial charge in [0.2, 0.25) is 23.7 Å². The summed E-state index contributed by atoms with van der Waals surface area (Å²) in [6.45, 7) is 10.8. The minimum absolute atomic E-state index is 0.149. The Balaban J connectivity index is 1.14. The molecule has 2 fully saturated rings. The lowest BCUT2D eigenvalue weighted by atomic mass is 10.1. The minimum Gasteiger partial charge on any atom is -0.490 e. The number of primary amides is 2. The molecular formula is C42H51N15O6. The molecule has 2 aliphatic rings. The Bertz CT molecular complexity index is 2770. The molecular weight excluding hydrogens is 811 g/mol. The van der Waals surface area contributed by atoms with E-state index in [1.54, 1.807) is 45.9 Å². The van der Waals surface area contributed by atoms with Crippen LogP contribution < -0.4 is 32.6 Å². The first-order valence-corrected chi connectivity index (χ1v) is 21.0. The van der Waals surface area contributed by atoms with Gasteiger partial charge in [0.05, 0.1) is 34.8 Å². The summed E-state index contributed by atoms with van der Waals surface area (Å²) in [5.74, 6) is -1.61. The fourth-order valence-corrected chi connectivity index (χ4v) is 8.46. The van der Waals surface area contributed by atoms with E-state index in [2.05, 4.69) is 35.7 Å². The Labute approximate surface area is 361 Å². The third-order valence-electron chi connectivity index (χ3n) is 11.6. The molecule has 4 amide bonds. The lowest BCUT2D eigenvalue weighted by Crippen LogP contribution is -2.39. The summed E-state index contributed by atoms with van der Waals surface area (Å²) in [5, 5.41) is 14.6. The number of nitrogens with one attached hydrogen (secondary N) is 2. The number of hydrogen-bond acceptors (Lipinski definition) is 13. The van der Waals surface area contributed by atoms with Crippen LogP contribution in [0.3, 0.4) is 0 Å². The highest BCUT2D eigenvalue weighted by molar-refractivity contribution is 6.07. The van der Waals surface area contributed by atoms with Gasteiger partial charge in [0.15, 0.2) is 5.65 Å². The first-order chi connectivity index (χ1) is 30.3. The van der Waals surface area contributed by atoms with Crippen LogP contribution in [0.25, 0.3) is 22.2 Å². The van der Waals surface area contributed by atoms with Crippen LogP contribution >= 0.6 is 0 Å². The van der Waals surface area contributed by atoms with Gasteiger partial charge >= 0.3 is 0 Å². The smallest absolute Gasteiger partial charge is 0.278 e. The van der Waals surface area contributed by atoms with Gasteiger partial charge in [-0.1, -0.05) is 12.2 Å². The summed E-state index contributed by atoms with van der Waals surface area (Å²) in [5.41, 5.74) is 21.6. The number of fused-ring (bicyclic) bond motifs is 4. The molecule has 2 saturated heterocycles. The number of anilines is 3. The van der Waals surface area contributed by atoms with Gasteiger partial charge in [-0.2, -0.15) is 10.2 Å². The molecule has 2 atom stereocenters. The zero-order valence-electron chi connectivity index (χ0n) is 35.6. The number of rotatable bonds is 16. The van der Waals surface area contributed by atoms with Crippen molar-refractivity contribution in [2.75, 3.05) is 42.7 Å². The quantitative estimate of drug-likeness (QED) is 0.0877. The molecule has 0 unspecified atom stereocenters. The van der Waals surface area contributed by atoms with E-state index >= 15 is 0 Å². The first kappa shape index (κ1) is 42.6. The van der Waals surface area contributed by atoms with E-state index in [0.717, 1.165) is 25.9 Å². The largest absolute Gasteiger partial charge is 0.490 e. The molecule has 330 valence electrons. The van der Waals surface area contributed by atoms with Crippen molar-refractivity contribution in [2.45, 2.75) is 85.2 Å². The van der Waals surface area contributed by atoms with Crippen LogP contribution in [-0.4, -0.2) is 111 Å². The Kier molecular flexibility index (Phi) is 12.0. The Hall–Kier alpha value is -7.13. The molecule has 6 aromatic rings. The molecule has 21 nitrogen and oxygen atoms in total. The Morgan fingerprint density at radius 3 is 2.27 bits per heavy atom. The summed E-state index contributed by atoms with van der Waals surface area (Å²) < 4.78 is 18.9. The summed E-state index contributed by atoms with van der Waals surface area (Å²) in [6.07, 6.45) is 8.16.